The first-order valence-corrected chi connectivity index (χ1v) is 11.7. The van der Waals surface area contributed by atoms with Crippen molar-refractivity contribution in [1.29, 1.82) is 0 Å². The van der Waals surface area contributed by atoms with Crippen molar-refractivity contribution in [3.8, 4) is 11.1 Å². The summed E-state index contributed by atoms with van der Waals surface area (Å²) in [6.45, 7) is 2.02. The molecular weight excluding hydrogens is 468 g/mol. The summed E-state index contributed by atoms with van der Waals surface area (Å²) in [5, 5.41) is 14.7. The largest absolute Gasteiger partial charge is 0.478 e. The van der Waals surface area contributed by atoms with Gasteiger partial charge in [-0.05, 0) is 40.8 Å². The SMILES string of the molecule is CCC(CNC(=O)OCC1c2ccccc2-c2ccccc21)C(=O)Nc1cccc(Cl)c1C(=O)O. The maximum absolute atomic E-state index is 12.7. The van der Waals surface area contributed by atoms with E-state index < -0.39 is 23.9 Å². The molecule has 0 spiro atoms. The Labute approximate surface area is 208 Å². The van der Waals surface area contributed by atoms with E-state index in [4.69, 9.17) is 16.3 Å². The van der Waals surface area contributed by atoms with Gasteiger partial charge in [-0.15, -0.1) is 0 Å². The Balaban J connectivity index is 1.35. The molecule has 1 aliphatic carbocycles. The Morgan fingerprint density at radius 2 is 1.60 bits per heavy atom. The first-order valence-electron chi connectivity index (χ1n) is 11.3. The van der Waals surface area contributed by atoms with Gasteiger partial charge < -0.3 is 20.5 Å². The van der Waals surface area contributed by atoms with Crippen molar-refractivity contribution < 1.29 is 24.2 Å². The zero-order valence-corrected chi connectivity index (χ0v) is 19.8. The third kappa shape index (κ3) is 5.15. The second-order valence-corrected chi connectivity index (χ2v) is 8.68. The summed E-state index contributed by atoms with van der Waals surface area (Å²) in [5.74, 6) is -2.31. The number of anilines is 1. The van der Waals surface area contributed by atoms with Crippen LogP contribution in [0.1, 0.15) is 40.7 Å². The number of hydrogen-bond acceptors (Lipinski definition) is 4. The van der Waals surface area contributed by atoms with Gasteiger partial charge in [0.25, 0.3) is 0 Å². The number of halogens is 1. The van der Waals surface area contributed by atoms with Gasteiger partial charge in [0.05, 0.1) is 16.6 Å². The fraction of sp³-hybridized carbons (Fsp3) is 0.222. The highest BCUT2D eigenvalue weighted by atomic mass is 35.5. The van der Waals surface area contributed by atoms with Crippen LogP contribution in [0.25, 0.3) is 11.1 Å². The standard InChI is InChI=1S/C27H25ClN2O5/c1-2-16(25(31)30-23-13-7-12-22(28)24(23)26(32)33)14-29-27(34)35-15-21-19-10-5-3-8-17(19)18-9-4-6-11-20(18)21/h3-13,16,21H,2,14-15H2,1H3,(H,29,34)(H,30,31)(H,32,33). The van der Waals surface area contributed by atoms with Crippen molar-refractivity contribution in [3.05, 3.63) is 88.4 Å². The van der Waals surface area contributed by atoms with Crippen molar-refractivity contribution in [1.82, 2.24) is 5.32 Å². The van der Waals surface area contributed by atoms with E-state index in [0.717, 1.165) is 22.3 Å². The molecule has 180 valence electrons. The number of carbonyl (C=O) groups excluding carboxylic acids is 2. The van der Waals surface area contributed by atoms with Crippen LogP contribution in [0, 0.1) is 5.92 Å². The predicted octanol–water partition coefficient (Wildman–Crippen LogP) is 5.54. The van der Waals surface area contributed by atoms with Gasteiger partial charge in [-0.25, -0.2) is 9.59 Å². The molecule has 4 rings (SSSR count). The lowest BCUT2D eigenvalue weighted by Crippen LogP contribution is -2.36. The molecule has 0 heterocycles. The van der Waals surface area contributed by atoms with Crippen LogP contribution >= 0.6 is 11.6 Å². The summed E-state index contributed by atoms with van der Waals surface area (Å²) in [4.78, 5) is 36.7. The monoisotopic (exact) mass is 492 g/mol. The number of ether oxygens (including phenoxy) is 1. The van der Waals surface area contributed by atoms with E-state index in [2.05, 4.69) is 22.8 Å². The molecule has 0 aliphatic heterocycles. The molecule has 3 N–H and O–H groups in total. The first kappa shape index (κ1) is 24.3. The minimum absolute atomic E-state index is 0.0279. The number of hydrogen-bond donors (Lipinski definition) is 3. The normalized spacial score (nSPS) is 12.9. The molecule has 3 aromatic carbocycles. The van der Waals surface area contributed by atoms with Gasteiger partial charge in [-0.3, -0.25) is 4.79 Å². The van der Waals surface area contributed by atoms with Crippen molar-refractivity contribution >= 4 is 35.3 Å². The minimum Gasteiger partial charge on any atom is -0.478 e. The van der Waals surface area contributed by atoms with Gasteiger partial charge in [-0.1, -0.05) is 73.1 Å². The molecule has 35 heavy (non-hydrogen) atoms. The Kier molecular flexibility index (Phi) is 7.36. The van der Waals surface area contributed by atoms with Crippen molar-refractivity contribution in [2.45, 2.75) is 19.3 Å². The second kappa shape index (κ2) is 10.6. The fourth-order valence-electron chi connectivity index (χ4n) is 4.36. The van der Waals surface area contributed by atoms with Gasteiger partial charge in [0.2, 0.25) is 5.91 Å². The highest BCUT2D eigenvalue weighted by Gasteiger charge is 2.29. The molecule has 0 aromatic heterocycles. The highest BCUT2D eigenvalue weighted by molar-refractivity contribution is 6.34. The maximum Gasteiger partial charge on any atom is 0.407 e. The highest BCUT2D eigenvalue weighted by Crippen LogP contribution is 2.44. The number of fused-ring (bicyclic) bond motifs is 3. The Hall–Kier alpha value is -3.84. The van der Waals surface area contributed by atoms with Gasteiger partial charge in [0.15, 0.2) is 0 Å². The molecule has 0 saturated heterocycles. The van der Waals surface area contributed by atoms with Crippen LogP contribution in [-0.2, 0) is 9.53 Å². The molecule has 3 aromatic rings. The Morgan fingerprint density at radius 1 is 0.971 bits per heavy atom. The predicted molar refractivity (Wildman–Crippen MR) is 134 cm³/mol. The lowest BCUT2D eigenvalue weighted by atomic mass is 9.98. The molecule has 1 unspecified atom stereocenters. The van der Waals surface area contributed by atoms with E-state index in [1.54, 1.807) is 13.0 Å². The van der Waals surface area contributed by atoms with E-state index in [1.807, 2.05) is 36.4 Å². The van der Waals surface area contributed by atoms with Crippen LogP contribution < -0.4 is 10.6 Å². The fourth-order valence-corrected chi connectivity index (χ4v) is 4.61. The van der Waals surface area contributed by atoms with Crippen LogP contribution in [0.4, 0.5) is 10.5 Å². The number of amides is 2. The van der Waals surface area contributed by atoms with Gasteiger partial charge in [0, 0.05) is 12.5 Å². The summed E-state index contributed by atoms with van der Waals surface area (Å²) in [7, 11) is 0. The molecule has 0 fully saturated rings. The number of carboxylic acid groups (broad SMARTS) is 1. The second-order valence-electron chi connectivity index (χ2n) is 8.27. The first-order chi connectivity index (χ1) is 16.9. The van der Waals surface area contributed by atoms with E-state index in [9.17, 15) is 19.5 Å². The maximum atomic E-state index is 12.7. The number of nitrogens with one attached hydrogen (secondary N) is 2. The smallest absolute Gasteiger partial charge is 0.407 e. The van der Waals surface area contributed by atoms with Crippen LogP contribution in [0.2, 0.25) is 5.02 Å². The molecule has 1 atom stereocenters. The topological polar surface area (TPSA) is 105 Å². The summed E-state index contributed by atoms with van der Waals surface area (Å²) < 4.78 is 5.52. The van der Waals surface area contributed by atoms with Crippen LogP contribution in [0.15, 0.2) is 66.7 Å². The van der Waals surface area contributed by atoms with Gasteiger partial charge in [0.1, 0.15) is 12.2 Å². The molecule has 1 aliphatic rings. The number of alkyl carbamates (subject to hydrolysis) is 1. The van der Waals surface area contributed by atoms with Crippen molar-refractivity contribution in [2.75, 3.05) is 18.5 Å². The average Bonchev–Trinajstić information content (AvgIpc) is 3.16. The van der Waals surface area contributed by atoms with Crippen molar-refractivity contribution in [2.24, 2.45) is 5.92 Å². The molecule has 8 heteroatoms. The zero-order valence-electron chi connectivity index (χ0n) is 19.1. The van der Waals surface area contributed by atoms with E-state index >= 15 is 0 Å². The van der Waals surface area contributed by atoms with E-state index in [-0.39, 0.29) is 35.3 Å². The van der Waals surface area contributed by atoms with E-state index in [1.165, 1.54) is 12.1 Å². The summed E-state index contributed by atoms with van der Waals surface area (Å²) in [6, 6.07) is 20.6. The van der Waals surface area contributed by atoms with Crippen LogP contribution in [0.5, 0.6) is 0 Å². The molecule has 0 radical (unpaired) electrons. The number of rotatable bonds is 8. The number of carbonyl (C=O) groups is 3. The molecule has 0 bridgehead atoms. The molecule has 7 nitrogen and oxygen atoms in total. The lowest BCUT2D eigenvalue weighted by Gasteiger charge is -2.18. The zero-order chi connectivity index (χ0) is 24.9. The average molecular weight is 493 g/mol. The lowest BCUT2D eigenvalue weighted by molar-refractivity contribution is -0.119. The Morgan fingerprint density at radius 3 is 2.20 bits per heavy atom. The number of aromatic carboxylic acids is 1. The van der Waals surface area contributed by atoms with Crippen molar-refractivity contribution in [3.63, 3.8) is 0 Å². The molecule has 2 amide bonds. The van der Waals surface area contributed by atoms with Gasteiger partial charge >= 0.3 is 12.1 Å². The minimum atomic E-state index is -1.24. The van der Waals surface area contributed by atoms with Crippen LogP contribution in [-0.4, -0.2) is 36.2 Å². The molecule has 0 saturated carbocycles. The summed E-state index contributed by atoms with van der Waals surface area (Å²) in [6.07, 6.45) is -0.189. The summed E-state index contributed by atoms with van der Waals surface area (Å²) >= 11 is 5.97. The van der Waals surface area contributed by atoms with E-state index in [0.29, 0.717) is 6.42 Å². The van der Waals surface area contributed by atoms with Gasteiger partial charge in [-0.2, -0.15) is 0 Å². The van der Waals surface area contributed by atoms with Crippen LogP contribution in [0.3, 0.4) is 0 Å². The number of carboxylic acids is 1. The quantitative estimate of drug-likeness (QED) is 0.383. The third-order valence-electron chi connectivity index (χ3n) is 6.19. The molecular formula is C27H25ClN2O5. The summed E-state index contributed by atoms with van der Waals surface area (Å²) in [5.41, 5.74) is 4.44. The number of benzene rings is 3. The third-order valence-corrected chi connectivity index (χ3v) is 6.50. The Bertz CT molecular complexity index is 1230.